The molecule has 0 heterocycles. The quantitative estimate of drug-likeness (QED) is 0.412. The minimum atomic E-state index is -3.09. The van der Waals surface area contributed by atoms with E-state index in [1.165, 1.54) is 21.2 Å². The third-order valence-corrected chi connectivity index (χ3v) is 18.8. The van der Waals surface area contributed by atoms with Crippen molar-refractivity contribution in [2.24, 2.45) is 0 Å². The smallest absolute Gasteiger partial charge is 0.147 e. The van der Waals surface area contributed by atoms with Crippen LogP contribution in [0.15, 0.2) is 26.7 Å². The second-order valence-electron chi connectivity index (χ2n) is 8.40. The van der Waals surface area contributed by atoms with Crippen molar-refractivity contribution in [3.05, 3.63) is 37.8 Å². The van der Waals surface area contributed by atoms with Gasteiger partial charge in [0.25, 0.3) is 0 Å². The monoisotopic (exact) mass is 579 g/mol. The number of fused-ring (bicyclic) bond motifs is 1. The second-order valence-corrected chi connectivity index (χ2v) is 38.9. The molecular formula is C16H27Br2Cl2NSiZr. The van der Waals surface area contributed by atoms with Crippen LogP contribution < -0.4 is 3.26 Å². The fourth-order valence-corrected chi connectivity index (χ4v) is 25.0. The van der Waals surface area contributed by atoms with Crippen molar-refractivity contribution in [3.8, 4) is 0 Å². The van der Waals surface area contributed by atoms with Crippen molar-refractivity contribution < 1.29 is 17.7 Å². The third kappa shape index (κ3) is 5.52. The first kappa shape index (κ1) is 24.6. The van der Waals surface area contributed by atoms with Gasteiger partial charge in [-0.25, -0.2) is 0 Å². The average Bonchev–Trinajstić information content (AvgIpc) is 2.50. The molecule has 0 saturated carbocycles. The third-order valence-electron chi connectivity index (χ3n) is 3.98. The minimum absolute atomic E-state index is 0. The molecular weight excluding hydrogens is 556 g/mol. The molecule has 0 fully saturated rings. The van der Waals surface area contributed by atoms with Gasteiger partial charge in [0.1, 0.15) is 0 Å². The first-order chi connectivity index (χ1) is 9.28. The topological polar surface area (TPSA) is 12.0 Å². The predicted octanol–water partition coefficient (Wildman–Crippen LogP) is 6.15. The van der Waals surface area contributed by atoms with E-state index < -0.39 is 17.7 Å². The Kier molecular flexibility index (Phi) is 8.18. The standard InChI is InChI=1S/C10H7Br2.C4H10N.2CH3.2ClH.H2Si.Zr/c1-6-2-7-4-8(11)5-10(12)9(7)3-6;1-4(2,3)5;;;;;;/h2-5H,1H3;5H,1-3H3;2*1H3;2*1H;1H2;/q;-1;;;;;;+1. The van der Waals surface area contributed by atoms with Crippen LogP contribution in [-0.4, -0.2) is 12.4 Å². The molecule has 1 nitrogen and oxygen atoms in total. The van der Waals surface area contributed by atoms with Crippen LogP contribution in [0.5, 0.6) is 0 Å². The number of nitrogens with one attached hydrogen (secondary N) is 1. The van der Waals surface area contributed by atoms with E-state index in [-0.39, 0.29) is 30.4 Å². The zero-order chi connectivity index (χ0) is 16.2. The van der Waals surface area contributed by atoms with E-state index in [1.807, 2.05) is 0 Å². The van der Waals surface area contributed by atoms with E-state index in [1.54, 1.807) is 0 Å². The summed E-state index contributed by atoms with van der Waals surface area (Å²) in [5.41, 5.74) is 4.51. The van der Waals surface area contributed by atoms with E-state index in [2.05, 4.69) is 97.2 Å². The van der Waals surface area contributed by atoms with Crippen LogP contribution >= 0.6 is 56.7 Å². The molecule has 1 N–H and O–H groups in total. The molecule has 0 bridgehead atoms. The summed E-state index contributed by atoms with van der Waals surface area (Å²) in [7, 11) is 0. The minimum Gasteiger partial charge on any atom is -0.147 e. The van der Waals surface area contributed by atoms with Gasteiger partial charge >= 0.3 is 150 Å². The zero-order valence-electron chi connectivity index (χ0n) is 14.6. The van der Waals surface area contributed by atoms with Crippen LogP contribution in [0.4, 0.5) is 0 Å². The van der Waals surface area contributed by atoms with E-state index in [0.717, 1.165) is 4.47 Å². The largest absolute Gasteiger partial charge is 0.147 e. The predicted molar refractivity (Wildman–Crippen MR) is 116 cm³/mol. The van der Waals surface area contributed by atoms with Gasteiger partial charge in [-0.15, -0.1) is 24.8 Å². The van der Waals surface area contributed by atoms with Gasteiger partial charge in [-0.2, -0.15) is 0 Å². The van der Waals surface area contributed by atoms with Gasteiger partial charge < -0.3 is 0 Å². The molecule has 1 atom stereocenters. The molecule has 23 heavy (non-hydrogen) atoms. The Hall–Kier alpha value is 1.56. The number of benzene rings is 1. The summed E-state index contributed by atoms with van der Waals surface area (Å²) in [6, 6.07) is 4.46. The second kappa shape index (κ2) is 7.66. The molecule has 1 aliphatic carbocycles. The van der Waals surface area contributed by atoms with Crippen molar-refractivity contribution in [2.75, 3.05) is 0 Å². The summed E-state index contributed by atoms with van der Waals surface area (Å²) in [4.78, 5) is 0. The molecule has 0 spiro atoms. The molecule has 7 heteroatoms. The summed E-state index contributed by atoms with van der Waals surface area (Å²) in [5, 5.41) is 0. The molecule has 1 aromatic carbocycles. The molecule has 0 radical (unpaired) electrons. The molecule has 1 unspecified atom stereocenters. The van der Waals surface area contributed by atoms with E-state index in [4.69, 9.17) is 0 Å². The normalized spacial score (nSPS) is 17.8. The fourth-order valence-electron chi connectivity index (χ4n) is 4.08. The number of hydrogen-bond donors (Lipinski definition) is 1. The maximum atomic E-state index is 4.07. The molecule has 0 aliphatic heterocycles. The fraction of sp³-hybridized carbons (Fsp3) is 0.500. The number of allylic oxidation sites excluding steroid dienone is 1. The van der Waals surface area contributed by atoms with Gasteiger partial charge in [0, 0.05) is 0 Å². The van der Waals surface area contributed by atoms with Crippen LogP contribution in [0.25, 0.3) is 6.08 Å². The Bertz CT molecular complexity index is 705. The van der Waals surface area contributed by atoms with E-state index in [9.17, 15) is 0 Å². The van der Waals surface area contributed by atoms with Crippen LogP contribution in [0.2, 0.25) is 9.26 Å². The molecule has 1 aliphatic rings. The van der Waals surface area contributed by atoms with Crippen LogP contribution in [0.3, 0.4) is 0 Å². The Morgan fingerprint density at radius 3 is 2.13 bits per heavy atom. The number of halogens is 4. The molecule has 132 valence electrons. The average molecular weight is 583 g/mol. The Morgan fingerprint density at radius 2 is 1.65 bits per heavy atom. The SMILES string of the molecule is CC1=Cc2c(Br)cc(Br)cc2[CH]1[Zr]([CH3])([CH3])(=[SiH2])[NH]C(C)(C)C.Cl.Cl. The summed E-state index contributed by atoms with van der Waals surface area (Å²) in [6.07, 6.45) is 2.37. The van der Waals surface area contributed by atoms with Crippen molar-refractivity contribution >= 4 is 69.6 Å². The van der Waals surface area contributed by atoms with Gasteiger partial charge in [-0.1, -0.05) is 0 Å². The maximum Gasteiger partial charge on any atom is -0.147 e. The van der Waals surface area contributed by atoms with E-state index in [0.29, 0.717) is 3.63 Å². The first-order valence-corrected chi connectivity index (χ1v) is 22.4. The Labute approximate surface area is 172 Å². The van der Waals surface area contributed by atoms with Gasteiger partial charge in [0.15, 0.2) is 0 Å². The molecule has 0 amide bonds. The summed E-state index contributed by atoms with van der Waals surface area (Å²) < 4.78 is 12.1. The van der Waals surface area contributed by atoms with Crippen molar-refractivity contribution in [1.29, 1.82) is 0 Å². The summed E-state index contributed by atoms with van der Waals surface area (Å²) >= 11 is 4.30. The van der Waals surface area contributed by atoms with Crippen molar-refractivity contribution in [3.63, 3.8) is 0 Å². The zero-order valence-corrected chi connectivity index (χ0v) is 23.3. The summed E-state index contributed by atoms with van der Waals surface area (Å²) in [5.74, 6) is 0. The van der Waals surface area contributed by atoms with Crippen molar-refractivity contribution in [1.82, 2.24) is 3.26 Å². The first-order valence-electron chi connectivity index (χ1n) is 7.33. The molecule has 0 aromatic heterocycles. The Morgan fingerprint density at radius 1 is 1.13 bits per heavy atom. The maximum absolute atomic E-state index is 4.07. The van der Waals surface area contributed by atoms with Crippen LogP contribution in [0.1, 0.15) is 42.4 Å². The summed E-state index contributed by atoms with van der Waals surface area (Å²) in [6.45, 7) is 11.4. The Balaban J connectivity index is 0.00000242. The van der Waals surface area contributed by atoms with Gasteiger partial charge in [-0.05, 0) is 0 Å². The number of rotatable bonds is 2. The van der Waals surface area contributed by atoms with Crippen molar-refractivity contribution in [2.45, 2.75) is 46.1 Å². The van der Waals surface area contributed by atoms with Gasteiger partial charge in [-0.3, -0.25) is 0 Å². The molecule has 1 aromatic rings. The van der Waals surface area contributed by atoms with Gasteiger partial charge in [0.05, 0.1) is 0 Å². The number of hydrogen-bond acceptors (Lipinski definition) is 1. The molecule has 2 rings (SSSR count). The molecule has 0 saturated heterocycles. The van der Waals surface area contributed by atoms with E-state index >= 15 is 0 Å². The van der Waals surface area contributed by atoms with Crippen LogP contribution in [-0.2, 0) is 17.7 Å². The van der Waals surface area contributed by atoms with Crippen LogP contribution in [0, 0.1) is 0 Å². The van der Waals surface area contributed by atoms with Gasteiger partial charge in [0.2, 0.25) is 0 Å².